The molecule has 94 valence electrons. The number of hydrogen-bond donors (Lipinski definition) is 0. The summed E-state index contributed by atoms with van der Waals surface area (Å²) < 4.78 is 11.6. The molecule has 0 amide bonds. The summed E-state index contributed by atoms with van der Waals surface area (Å²) in [6.45, 7) is 1.19. The van der Waals surface area contributed by atoms with Gasteiger partial charge in [-0.2, -0.15) is 0 Å². The Hall–Kier alpha value is -0.0600. The monoisotopic (exact) mass is 362 g/mol. The number of hydrogen-bond acceptors (Lipinski definition) is 2. The molecule has 0 bridgehead atoms. The van der Waals surface area contributed by atoms with Crippen molar-refractivity contribution in [3.05, 3.63) is 28.2 Å². The Labute approximate surface area is 119 Å². The van der Waals surface area contributed by atoms with Crippen LogP contribution in [0.5, 0.6) is 5.75 Å². The minimum atomic E-state index is 0.479. The first kappa shape index (κ1) is 13.4. The fourth-order valence-electron chi connectivity index (χ4n) is 1.70. The molecular weight excluding hydrogens is 348 g/mol. The quantitative estimate of drug-likeness (QED) is 0.553. The first-order valence-corrected chi connectivity index (χ1v) is 7.48. The summed E-state index contributed by atoms with van der Waals surface area (Å²) in [4.78, 5) is 0.479. The lowest BCUT2D eigenvalue weighted by atomic mass is 10.1. The minimum Gasteiger partial charge on any atom is -0.490 e. The Morgan fingerprint density at radius 2 is 2.12 bits per heavy atom. The first-order valence-electron chi connectivity index (χ1n) is 5.77. The van der Waals surface area contributed by atoms with E-state index in [1.807, 2.05) is 6.07 Å². The molecule has 0 saturated heterocycles. The molecule has 1 aliphatic rings. The molecule has 0 spiro atoms. The van der Waals surface area contributed by atoms with Crippen LogP contribution in [0.25, 0.3) is 0 Å². The van der Waals surface area contributed by atoms with E-state index in [2.05, 4.69) is 44.0 Å². The van der Waals surface area contributed by atoms with Crippen molar-refractivity contribution in [1.29, 1.82) is 0 Å². The van der Waals surface area contributed by atoms with Crippen LogP contribution in [0.1, 0.15) is 23.2 Å². The van der Waals surface area contributed by atoms with Gasteiger partial charge in [-0.15, -0.1) is 0 Å². The van der Waals surface area contributed by atoms with Gasteiger partial charge in [-0.25, -0.2) is 0 Å². The van der Waals surface area contributed by atoms with Crippen LogP contribution in [0.2, 0.25) is 0 Å². The minimum absolute atomic E-state index is 0.479. The molecule has 1 unspecified atom stereocenters. The van der Waals surface area contributed by atoms with Gasteiger partial charge in [0.2, 0.25) is 0 Å². The van der Waals surface area contributed by atoms with Crippen molar-refractivity contribution in [2.75, 3.05) is 20.3 Å². The van der Waals surface area contributed by atoms with E-state index >= 15 is 0 Å². The molecule has 0 aromatic heterocycles. The van der Waals surface area contributed by atoms with E-state index in [0.29, 0.717) is 18.0 Å². The largest absolute Gasteiger partial charge is 0.490 e. The van der Waals surface area contributed by atoms with Gasteiger partial charge in [0, 0.05) is 11.9 Å². The maximum atomic E-state index is 5.60. The molecule has 1 atom stereocenters. The molecule has 1 fully saturated rings. The van der Waals surface area contributed by atoms with Crippen LogP contribution < -0.4 is 4.74 Å². The Kier molecular flexibility index (Phi) is 4.88. The third-order valence-corrected chi connectivity index (χ3v) is 4.75. The summed E-state index contributed by atoms with van der Waals surface area (Å²) in [5.74, 6) is 1.68. The third-order valence-electron chi connectivity index (χ3n) is 2.86. The number of benzene rings is 1. The summed E-state index contributed by atoms with van der Waals surface area (Å²) in [5.41, 5.74) is 1.32. The van der Waals surface area contributed by atoms with Crippen molar-refractivity contribution in [2.24, 2.45) is 5.92 Å². The Morgan fingerprint density at radius 1 is 1.35 bits per heavy atom. The van der Waals surface area contributed by atoms with Crippen LogP contribution in [0.4, 0.5) is 0 Å². The number of ether oxygens (including phenoxy) is 2. The highest BCUT2D eigenvalue weighted by atomic mass is 79.9. The number of rotatable bonds is 6. The van der Waals surface area contributed by atoms with E-state index in [1.165, 1.54) is 18.4 Å². The standard InChI is InChI=1S/C13H16Br2O2/c1-16-6-7-17-12-5-4-10(8-11(12)14)13(15)9-2-3-9/h4-5,8-9,13H,2-3,6-7H2,1H3. The maximum Gasteiger partial charge on any atom is 0.133 e. The van der Waals surface area contributed by atoms with Crippen molar-refractivity contribution >= 4 is 31.9 Å². The van der Waals surface area contributed by atoms with Gasteiger partial charge >= 0.3 is 0 Å². The number of methoxy groups -OCH3 is 1. The van der Waals surface area contributed by atoms with E-state index in [4.69, 9.17) is 9.47 Å². The van der Waals surface area contributed by atoms with E-state index in [1.54, 1.807) is 7.11 Å². The second-order valence-electron chi connectivity index (χ2n) is 4.27. The summed E-state index contributed by atoms with van der Waals surface area (Å²) in [6.07, 6.45) is 2.67. The fourth-order valence-corrected chi connectivity index (χ4v) is 3.03. The highest BCUT2D eigenvalue weighted by molar-refractivity contribution is 9.10. The normalized spacial score (nSPS) is 16.9. The molecule has 1 aromatic rings. The van der Waals surface area contributed by atoms with E-state index in [9.17, 15) is 0 Å². The van der Waals surface area contributed by atoms with Gasteiger partial charge in [0.15, 0.2) is 0 Å². The summed E-state index contributed by atoms with van der Waals surface area (Å²) >= 11 is 7.30. The first-order chi connectivity index (χ1) is 8.22. The second-order valence-corrected chi connectivity index (χ2v) is 6.11. The van der Waals surface area contributed by atoms with Gasteiger partial charge in [0.1, 0.15) is 12.4 Å². The van der Waals surface area contributed by atoms with Crippen LogP contribution >= 0.6 is 31.9 Å². The van der Waals surface area contributed by atoms with Gasteiger partial charge in [0.05, 0.1) is 11.1 Å². The molecule has 0 aliphatic heterocycles. The van der Waals surface area contributed by atoms with Crippen LogP contribution in [0.15, 0.2) is 22.7 Å². The average Bonchev–Trinajstić information content (AvgIpc) is 3.14. The van der Waals surface area contributed by atoms with E-state index in [-0.39, 0.29) is 0 Å². The zero-order valence-corrected chi connectivity index (χ0v) is 13.0. The Morgan fingerprint density at radius 3 is 2.71 bits per heavy atom. The smallest absolute Gasteiger partial charge is 0.133 e. The zero-order chi connectivity index (χ0) is 12.3. The predicted molar refractivity (Wildman–Crippen MR) is 75.9 cm³/mol. The highest BCUT2D eigenvalue weighted by Crippen LogP contribution is 2.47. The second kappa shape index (κ2) is 6.21. The lowest BCUT2D eigenvalue weighted by Crippen LogP contribution is -2.05. The molecule has 4 heteroatoms. The van der Waals surface area contributed by atoms with E-state index in [0.717, 1.165) is 16.1 Å². The van der Waals surface area contributed by atoms with Crippen LogP contribution in [-0.2, 0) is 4.74 Å². The van der Waals surface area contributed by atoms with Crippen molar-refractivity contribution < 1.29 is 9.47 Å². The zero-order valence-electron chi connectivity index (χ0n) is 9.79. The molecular formula is C13H16Br2O2. The topological polar surface area (TPSA) is 18.5 Å². The molecule has 1 saturated carbocycles. The van der Waals surface area contributed by atoms with Gasteiger partial charge in [-0.3, -0.25) is 0 Å². The van der Waals surface area contributed by atoms with Gasteiger partial charge in [-0.1, -0.05) is 22.0 Å². The van der Waals surface area contributed by atoms with Gasteiger partial charge in [-0.05, 0) is 52.4 Å². The fraction of sp³-hybridized carbons (Fsp3) is 0.538. The molecule has 2 nitrogen and oxygen atoms in total. The van der Waals surface area contributed by atoms with Crippen molar-refractivity contribution in [2.45, 2.75) is 17.7 Å². The van der Waals surface area contributed by atoms with Crippen LogP contribution in [-0.4, -0.2) is 20.3 Å². The van der Waals surface area contributed by atoms with Crippen molar-refractivity contribution in [1.82, 2.24) is 0 Å². The molecule has 0 heterocycles. The molecule has 0 N–H and O–H groups in total. The number of alkyl halides is 1. The van der Waals surface area contributed by atoms with Gasteiger partial charge < -0.3 is 9.47 Å². The van der Waals surface area contributed by atoms with Crippen LogP contribution in [0.3, 0.4) is 0 Å². The molecule has 1 aromatic carbocycles. The Balaban J connectivity index is 2.00. The van der Waals surface area contributed by atoms with E-state index < -0.39 is 0 Å². The summed E-state index contributed by atoms with van der Waals surface area (Å²) in [7, 11) is 1.67. The van der Waals surface area contributed by atoms with Gasteiger partial charge in [0.25, 0.3) is 0 Å². The molecule has 17 heavy (non-hydrogen) atoms. The Bertz CT molecular complexity index is 378. The lowest BCUT2D eigenvalue weighted by Gasteiger charge is -2.12. The molecule has 1 aliphatic carbocycles. The number of halogens is 2. The highest BCUT2D eigenvalue weighted by Gasteiger charge is 2.30. The average molecular weight is 364 g/mol. The molecule has 2 rings (SSSR count). The molecule has 0 radical (unpaired) electrons. The third kappa shape index (κ3) is 3.70. The van der Waals surface area contributed by atoms with Crippen molar-refractivity contribution in [3.63, 3.8) is 0 Å². The summed E-state index contributed by atoms with van der Waals surface area (Å²) in [6, 6.07) is 6.29. The maximum absolute atomic E-state index is 5.60. The van der Waals surface area contributed by atoms with Crippen LogP contribution in [0, 0.1) is 5.92 Å². The lowest BCUT2D eigenvalue weighted by molar-refractivity contribution is 0.146. The summed E-state index contributed by atoms with van der Waals surface area (Å²) in [5, 5.41) is 0. The van der Waals surface area contributed by atoms with Crippen molar-refractivity contribution in [3.8, 4) is 5.75 Å². The predicted octanol–water partition coefficient (Wildman–Crippen LogP) is 4.32. The SMILES string of the molecule is COCCOc1ccc(C(Br)C2CC2)cc1Br.